The molecule has 2 aromatic carbocycles. The highest BCUT2D eigenvalue weighted by atomic mass is 35.5. The van der Waals surface area contributed by atoms with Crippen LogP contribution in [0.4, 0.5) is 16.2 Å². The van der Waals surface area contributed by atoms with Gasteiger partial charge < -0.3 is 20.7 Å². The van der Waals surface area contributed by atoms with E-state index in [-0.39, 0.29) is 18.4 Å². The number of benzene rings is 2. The number of urea groups is 1. The summed E-state index contributed by atoms with van der Waals surface area (Å²) in [6.45, 7) is 0.969. The summed E-state index contributed by atoms with van der Waals surface area (Å²) in [5, 5.41) is 8.80. The zero-order chi connectivity index (χ0) is 18.1. The van der Waals surface area contributed by atoms with Gasteiger partial charge in [-0.3, -0.25) is 4.79 Å². The Hall–Kier alpha value is -2.57. The molecule has 0 saturated carbocycles. The van der Waals surface area contributed by atoms with Gasteiger partial charge in [-0.15, -0.1) is 0 Å². The zero-order valence-corrected chi connectivity index (χ0v) is 14.6. The maximum Gasteiger partial charge on any atom is 0.323 e. The minimum absolute atomic E-state index is 0.0711. The fraction of sp³-hybridized carbons (Fsp3) is 0.222. The number of ether oxygens (including phenoxy) is 1. The summed E-state index contributed by atoms with van der Waals surface area (Å²) >= 11 is 5.80. The molecule has 0 unspecified atom stereocenters. The summed E-state index contributed by atoms with van der Waals surface area (Å²) in [5.41, 5.74) is 2.14. The number of rotatable bonds is 7. The number of anilines is 2. The first-order valence-electron chi connectivity index (χ1n) is 7.75. The molecule has 0 aliphatic heterocycles. The van der Waals surface area contributed by atoms with E-state index < -0.39 is 0 Å². The summed E-state index contributed by atoms with van der Waals surface area (Å²) in [6, 6.07) is 13.6. The molecule has 0 aliphatic rings. The van der Waals surface area contributed by atoms with Gasteiger partial charge in [0.2, 0.25) is 5.91 Å². The molecule has 0 radical (unpaired) electrons. The van der Waals surface area contributed by atoms with E-state index in [1.807, 2.05) is 0 Å². The maximum atomic E-state index is 11.9. The van der Waals surface area contributed by atoms with Crippen LogP contribution in [0.15, 0.2) is 48.5 Å². The van der Waals surface area contributed by atoms with E-state index in [1.54, 1.807) is 55.6 Å². The molecule has 0 spiro atoms. The molecule has 0 heterocycles. The molecule has 2 rings (SSSR count). The van der Waals surface area contributed by atoms with Crippen LogP contribution in [0.1, 0.15) is 5.56 Å². The second-order valence-electron chi connectivity index (χ2n) is 5.30. The Morgan fingerprint density at radius 1 is 0.960 bits per heavy atom. The SMILES string of the molecule is COCCNC(=O)Cc1ccc(NC(=O)Nc2ccc(Cl)cc2)cc1. The van der Waals surface area contributed by atoms with Crippen molar-refractivity contribution in [1.82, 2.24) is 5.32 Å². The summed E-state index contributed by atoms with van der Waals surface area (Å²) in [4.78, 5) is 23.7. The first-order valence-corrected chi connectivity index (χ1v) is 8.13. The third kappa shape index (κ3) is 6.82. The number of methoxy groups -OCH3 is 1. The molecule has 3 N–H and O–H groups in total. The van der Waals surface area contributed by atoms with Crippen LogP contribution in [0.3, 0.4) is 0 Å². The molecule has 0 fully saturated rings. The second kappa shape index (κ2) is 9.66. The minimum atomic E-state index is -0.354. The molecule has 2 aromatic rings. The van der Waals surface area contributed by atoms with E-state index in [0.29, 0.717) is 29.5 Å². The Balaban J connectivity index is 1.82. The number of hydrogen-bond donors (Lipinski definition) is 3. The quantitative estimate of drug-likeness (QED) is 0.662. The Bertz CT molecular complexity index is 703. The minimum Gasteiger partial charge on any atom is -0.383 e. The number of hydrogen-bond acceptors (Lipinski definition) is 3. The first-order chi connectivity index (χ1) is 12.1. The molecular formula is C18H20ClN3O3. The summed E-state index contributed by atoms with van der Waals surface area (Å²) < 4.78 is 4.88. The molecule has 7 heteroatoms. The predicted molar refractivity (Wildman–Crippen MR) is 99.1 cm³/mol. The van der Waals surface area contributed by atoms with Crippen LogP contribution < -0.4 is 16.0 Å². The van der Waals surface area contributed by atoms with Crippen molar-refractivity contribution in [3.05, 3.63) is 59.1 Å². The fourth-order valence-electron chi connectivity index (χ4n) is 2.07. The van der Waals surface area contributed by atoms with Crippen LogP contribution in [-0.2, 0) is 16.0 Å². The van der Waals surface area contributed by atoms with E-state index in [2.05, 4.69) is 16.0 Å². The van der Waals surface area contributed by atoms with Crippen LogP contribution in [0.2, 0.25) is 5.02 Å². The fourth-order valence-corrected chi connectivity index (χ4v) is 2.20. The Morgan fingerprint density at radius 2 is 1.52 bits per heavy atom. The van der Waals surface area contributed by atoms with Crippen molar-refractivity contribution in [1.29, 1.82) is 0 Å². The zero-order valence-electron chi connectivity index (χ0n) is 13.8. The topological polar surface area (TPSA) is 79.5 Å². The summed E-state index contributed by atoms with van der Waals surface area (Å²) in [6.07, 6.45) is 0.279. The largest absolute Gasteiger partial charge is 0.383 e. The molecule has 0 atom stereocenters. The number of amides is 3. The van der Waals surface area contributed by atoms with Gasteiger partial charge in [-0.25, -0.2) is 4.79 Å². The molecule has 6 nitrogen and oxygen atoms in total. The molecule has 0 aromatic heterocycles. The van der Waals surface area contributed by atoms with E-state index in [1.165, 1.54) is 0 Å². The van der Waals surface area contributed by atoms with Crippen LogP contribution in [0.5, 0.6) is 0 Å². The summed E-state index contributed by atoms with van der Waals surface area (Å²) in [7, 11) is 1.58. The van der Waals surface area contributed by atoms with Crippen molar-refractivity contribution in [2.75, 3.05) is 30.9 Å². The number of carbonyl (C=O) groups excluding carboxylic acids is 2. The van der Waals surface area contributed by atoms with Crippen LogP contribution >= 0.6 is 11.6 Å². The van der Waals surface area contributed by atoms with Gasteiger partial charge in [0.25, 0.3) is 0 Å². The van der Waals surface area contributed by atoms with Gasteiger partial charge in [-0.2, -0.15) is 0 Å². The third-order valence-electron chi connectivity index (χ3n) is 3.31. The van der Waals surface area contributed by atoms with Crippen molar-refractivity contribution in [2.24, 2.45) is 0 Å². The monoisotopic (exact) mass is 361 g/mol. The molecular weight excluding hydrogens is 342 g/mol. The van der Waals surface area contributed by atoms with Gasteiger partial charge in [0.15, 0.2) is 0 Å². The summed E-state index contributed by atoms with van der Waals surface area (Å²) in [5.74, 6) is -0.0711. The van der Waals surface area contributed by atoms with Crippen molar-refractivity contribution in [2.45, 2.75) is 6.42 Å². The van der Waals surface area contributed by atoms with Gasteiger partial charge in [-0.1, -0.05) is 23.7 Å². The molecule has 25 heavy (non-hydrogen) atoms. The normalized spacial score (nSPS) is 10.2. The Morgan fingerprint density at radius 3 is 2.08 bits per heavy atom. The van der Waals surface area contributed by atoms with E-state index in [0.717, 1.165) is 5.56 Å². The molecule has 0 aliphatic carbocycles. The predicted octanol–water partition coefficient (Wildman–Crippen LogP) is 3.29. The highest BCUT2D eigenvalue weighted by Crippen LogP contribution is 2.14. The standard InChI is InChI=1S/C18H20ClN3O3/c1-25-11-10-20-17(23)12-13-2-6-15(7-3-13)21-18(24)22-16-8-4-14(19)5-9-16/h2-9H,10-12H2,1H3,(H,20,23)(H2,21,22,24). The van der Waals surface area contributed by atoms with Crippen molar-refractivity contribution >= 4 is 34.9 Å². The molecule has 3 amide bonds. The average Bonchev–Trinajstić information content (AvgIpc) is 2.59. The number of carbonyl (C=O) groups is 2. The molecule has 132 valence electrons. The van der Waals surface area contributed by atoms with E-state index in [9.17, 15) is 9.59 Å². The van der Waals surface area contributed by atoms with Crippen LogP contribution in [0, 0.1) is 0 Å². The highest BCUT2D eigenvalue weighted by Gasteiger charge is 2.05. The van der Waals surface area contributed by atoms with Crippen LogP contribution in [-0.4, -0.2) is 32.2 Å². The van der Waals surface area contributed by atoms with Crippen LogP contribution in [0.25, 0.3) is 0 Å². The Labute approximate surface area is 151 Å². The van der Waals surface area contributed by atoms with E-state index >= 15 is 0 Å². The second-order valence-corrected chi connectivity index (χ2v) is 5.74. The van der Waals surface area contributed by atoms with Crippen molar-refractivity contribution in [3.8, 4) is 0 Å². The van der Waals surface area contributed by atoms with Gasteiger partial charge in [0.05, 0.1) is 13.0 Å². The average molecular weight is 362 g/mol. The van der Waals surface area contributed by atoms with Gasteiger partial charge in [-0.05, 0) is 42.0 Å². The van der Waals surface area contributed by atoms with Gasteiger partial charge >= 0.3 is 6.03 Å². The lowest BCUT2D eigenvalue weighted by Crippen LogP contribution is -2.28. The Kier molecular flexibility index (Phi) is 7.25. The lowest BCUT2D eigenvalue weighted by Gasteiger charge is -2.09. The number of halogens is 1. The maximum absolute atomic E-state index is 11.9. The number of nitrogens with one attached hydrogen (secondary N) is 3. The lowest BCUT2D eigenvalue weighted by molar-refractivity contribution is -0.120. The molecule has 0 saturated heterocycles. The third-order valence-corrected chi connectivity index (χ3v) is 3.56. The van der Waals surface area contributed by atoms with Crippen molar-refractivity contribution < 1.29 is 14.3 Å². The smallest absolute Gasteiger partial charge is 0.323 e. The van der Waals surface area contributed by atoms with Crippen molar-refractivity contribution in [3.63, 3.8) is 0 Å². The van der Waals surface area contributed by atoms with E-state index in [4.69, 9.17) is 16.3 Å². The highest BCUT2D eigenvalue weighted by molar-refractivity contribution is 6.30. The lowest BCUT2D eigenvalue weighted by atomic mass is 10.1. The van der Waals surface area contributed by atoms with Gasteiger partial charge in [0.1, 0.15) is 0 Å². The van der Waals surface area contributed by atoms with Gasteiger partial charge in [0, 0.05) is 30.1 Å². The first kappa shape index (κ1) is 18.8. The molecule has 0 bridgehead atoms.